The highest BCUT2D eigenvalue weighted by atomic mass is 79.9. The number of alkyl halides is 1. The summed E-state index contributed by atoms with van der Waals surface area (Å²) in [5, 5.41) is 2.39. The maximum absolute atomic E-state index is 6.19. The van der Waals surface area contributed by atoms with Crippen molar-refractivity contribution < 1.29 is 0 Å². The van der Waals surface area contributed by atoms with E-state index >= 15 is 0 Å². The second-order valence-electron chi connectivity index (χ2n) is 4.09. The molecule has 0 nitrogen and oxygen atoms in total. The Balaban J connectivity index is 2.20. The van der Waals surface area contributed by atoms with Gasteiger partial charge in [-0.15, -0.1) is 0 Å². The van der Waals surface area contributed by atoms with Crippen molar-refractivity contribution in [1.29, 1.82) is 0 Å². The van der Waals surface area contributed by atoms with Gasteiger partial charge in [0.15, 0.2) is 0 Å². The number of hydrogen-bond acceptors (Lipinski definition) is 0. The molecule has 2 aromatic rings. The van der Waals surface area contributed by atoms with Crippen molar-refractivity contribution >= 4 is 62.3 Å². The molecule has 19 heavy (non-hydrogen) atoms. The van der Waals surface area contributed by atoms with Crippen molar-refractivity contribution in [3.05, 3.63) is 67.6 Å². The molecule has 0 spiro atoms. The van der Waals surface area contributed by atoms with Gasteiger partial charge in [0.05, 0.1) is 10.0 Å². The van der Waals surface area contributed by atoms with E-state index in [4.69, 9.17) is 46.4 Å². The van der Waals surface area contributed by atoms with Crippen molar-refractivity contribution in [2.75, 3.05) is 0 Å². The zero-order valence-corrected chi connectivity index (χ0v) is 14.2. The Morgan fingerprint density at radius 1 is 0.842 bits per heavy atom. The van der Waals surface area contributed by atoms with Crippen LogP contribution in [0.25, 0.3) is 0 Å². The van der Waals surface area contributed by atoms with Gasteiger partial charge in [-0.3, -0.25) is 0 Å². The van der Waals surface area contributed by atoms with Crippen LogP contribution in [0, 0.1) is 0 Å². The molecule has 0 heterocycles. The zero-order valence-electron chi connectivity index (χ0n) is 9.64. The van der Waals surface area contributed by atoms with Gasteiger partial charge in [-0.1, -0.05) is 74.5 Å². The molecule has 0 bridgehead atoms. The van der Waals surface area contributed by atoms with E-state index < -0.39 is 0 Å². The molecule has 0 aliphatic heterocycles. The summed E-state index contributed by atoms with van der Waals surface area (Å²) in [4.78, 5) is 0.0921. The highest BCUT2D eigenvalue weighted by molar-refractivity contribution is 9.09. The van der Waals surface area contributed by atoms with Gasteiger partial charge in [0.1, 0.15) is 0 Å². The van der Waals surface area contributed by atoms with Crippen LogP contribution in [0.1, 0.15) is 16.0 Å². The van der Waals surface area contributed by atoms with Crippen molar-refractivity contribution in [2.45, 2.75) is 11.2 Å². The molecule has 0 fully saturated rings. The summed E-state index contributed by atoms with van der Waals surface area (Å²) in [5.41, 5.74) is 2.08. The lowest BCUT2D eigenvalue weighted by atomic mass is 10.0. The van der Waals surface area contributed by atoms with Crippen molar-refractivity contribution in [1.82, 2.24) is 0 Å². The van der Waals surface area contributed by atoms with Crippen LogP contribution < -0.4 is 0 Å². The summed E-state index contributed by atoms with van der Waals surface area (Å²) in [6.07, 6.45) is 0.762. The molecule has 0 saturated carbocycles. The Morgan fingerprint density at radius 2 is 1.58 bits per heavy atom. The lowest BCUT2D eigenvalue weighted by molar-refractivity contribution is 0.949. The lowest BCUT2D eigenvalue weighted by Gasteiger charge is -2.13. The summed E-state index contributed by atoms with van der Waals surface area (Å²) in [6.45, 7) is 0. The predicted molar refractivity (Wildman–Crippen MR) is 88.3 cm³/mol. The van der Waals surface area contributed by atoms with Crippen LogP contribution in [-0.2, 0) is 6.42 Å². The van der Waals surface area contributed by atoms with E-state index in [0.717, 1.165) is 17.5 Å². The fraction of sp³-hybridized carbons (Fsp3) is 0.143. The first-order chi connectivity index (χ1) is 8.97. The summed E-state index contributed by atoms with van der Waals surface area (Å²) < 4.78 is 0. The SMILES string of the molecule is Clc1ccc(C(Br)Cc2ccc(Cl)c(Cl)c2)c(Cl)c1. The highest BCUT2D eigenvalue weighted by Crippen LogP contribution is 2.34. The molecule has 2 aromatic carbocycles. The van der Waals surface area contributed by atoms with Gasteiger partial charge in [0.2, 0.25) is 0 Å². The van der Waals surface area contributed by atoms with E-state index in [1.165, 1.54) is 0 Å². The van der Waals surface area contributed by atoms with Crippen LogP contribution in [-0.4, -0.2) is 0 Å². The number of halogens is 5. The van der Waals surface area contributed by atoms with Gasteiger partial charge in [-0.05, 0) is 41.8 Å². The maximum Gasteiger partial charge on any atom is 0.0595 e. The lowest BCUT2D eigenvalue weighted by Crippen LogP contribution is -1.96. The molecule has 0 saturated heterocycles. The topological polar surface area (TPSA) is 0 Å². The summed E-state index contributed by atoms with van der Waals surface area (Å²) >= 11 is 27.6. The Bertz CT molecular complexity index is 598. The Morgan fingerprint density at radius 3 is 2.21 bits per heavy atom. The fourth-order valence-electron chi connectivity index (χ4n) is 1.74. The van der Waals surface area contributed by atoms with Crippen molar-refractivity contribution in [2.24, 2.45) is 0 Å². The molecule has 0 radical (unpaired) electrons. The van der Waals surface area contributed by atoms with Gasteiger partial charge < -0.3 is 0 Å². The fourth-order valence-corrected chi connectivity index (χ4v) is 3.50. The van der Waals surface area contributed by atoms with Crippen LogP contribution in [0.3, 0.4) is 0 Å². The predicted octanol–water partition coefficient (Wildman–Crippen LogP) is 6.98. The average Bonchev–Trinajstić information content (AvgIpc) is 2.33. The zero-order chi connectivity index (χ0) is 14.0. The minimum absolute atomic E-state index is 0.0921. The van der Waals surface area contributed by atoms with E-state index in [2.05, 4.69) is 15.9 Å². The molecule has 0 aliphatic carbocycles. The third-order valence-corrected chi connectivity index (χ3v) is 4.82. The van der Waals surface area contributed by atoms with Gasteiger partial charge in [-0.2, -0.15) is 0 Å². The molecule has 0 aromatic heterocycles. The Hall–Kier alpha value is 0.0800. The number of benzene rings is 2. The van der Waals surface area contributed by atoms with E-state index in [1.807, 2.05) is 24.3 Å². The average molecular weight is 399 g/mol. The van der Waals surface area contributed by atoms with Crippen LogP contribution in [0.5, 0.6) is 0 Å². The molecule has 0 aliphatic rings. The second-order valence-corrected chi connectivity index (χ2v) is 6.85. The molecule has 2 rings (SSSR count). The largest absolute Gasteiger partial charge is 0.0843 e. The molecule has 100 valence electrons. The van der Waals surface area contributed by atoms with E-state index in [-0.39, 0.29) is 4.83 Å². The van der Waals surface area contributed by atoms with Crippen molar-refractivity contribution in [3.8, 4) is 0 Å². The first kappa shape index (κ1) is 15.5. The van der Waals surface area contributed by atoms with E-state index in [1.54, 1.807) is 12.1 Å². The molecule has 0 N–H and O–H groups in total. The van der Waals surface area contributed by atoms with Crippen LogP contribution in [0.4, 0.5) is 0 Å². The number of rotatable bonds is 3. The van der Waals surface area contributed by atoms with Crippen LogP contribution in [0.2, 0.25) is 20.1 Å². The van der Waals surface area contributed by atoms with Crippen molar-refractivity contribution in [3.63, 3.8) is 0 Å². The minimum atomic E-state index is 0.0921. The Labute approximate surface area is 140 Å². The maximum atomic E-state index is 6.19. The smallest absolute Gasteiger partial charge is 0.0595 e. The summed E-state index contributed by atoms with van der Waals surface area (Å²) in [6, 6.07) is 11.1. The third-order valence-electron chi connectivity index (χ3n) is 2.70. The molecular weight excluding hydrogens is 390 g/mol. The number of hydrogen-bond donors (Lipinski definition) is 0. The monoisotopic (exact) mass is 396 g/mol. The first-order valence-corrected chi connectivity index (χ1v) is 7.93. The van der Waals surface area contributed by atoms with Gasteiger partial charge in [0.25, 0.3) is 0 Å². The van der Waals surface area contributed by atoms with E-state index in [0.29, 0.717) is 20.1 Å². The van der Waals surface area contributed by atoms with Crippen LogP contribution >= 0.6 is 62.3 Å². The second kappa shape index (κ2) is 6.69. The van der Waals surface area contributed by atoms with Crippen LogP contribution in [0.15, 0.2) is 36.4 Å². The van der Waals surface area contributed by atoms with E-state index in [9.17, 15) is 0 Å². The first-order valence-electron chi connectivity index (χ1n) is 5.50. The Kier molecular flexibility index (Phi) is 5.45. The summed E-state index contributed by atoms with van der Waals surface area (Å²) in [5.74, 6) is 0. The molecule has 0 amide bonds. The highest BCUT2D eigenvalue weighted by Gasteiger charge is 2.13. The quantitative estimate of drug-likeness (QED) is 0.489. The standard InChI is InChI=1S/C14H9BrCl4/c15-11(10-3-2-9(16)7-13(10)18)5-8-1-4-12(17)14(19)6-8/h1-4,6-7,11H,5H2. The normalized spacial score (nSPS) is 12.5. The summed E-state index contributed by atoms with van der Waals surface area (Å²) in [7, 11) is 0. The molecule has 1 atom stereocenters. The molecule has 5 heteroatoms. The molecule has 1 unspecified atom stereocenters. The minimum Gasteiger partial charge on any atom is -0.0843 e. The van der Waals surface area contributed by atoms with Gasteiger partial charge in [0, 0.05) is 14.9 Å². The van der Waals surface area contributed by atoms with Gasteiger partial charge in [-0.25, -0.2) is 0 Å². The molecular formula is C14H9BrCl4. The third kappa shape index (κ3) is 4.03. The van der Waals surface area contributed by atoms with Gasteiger partial charge >= 0.3 is 0 Å².